The van der Waals surface area contributed by atoms with E-state index >= 15 is 0 Å². The lowest BCUT2D eigenvalue weighted by Gasteiger charge is -2.13. The molecule has 3 nitrogen and oxygen atoms in total. The first kappa shape index (κ1) is 16.3. The Labute approximate surface area is 137 Å². The minimum Gasteiger partial charge on any atom is -0.490 e. The minimum atomic E-state index is 0.389. The Bertz CT molecular complexity index is 666. The van der Waals surface area contributed by atoms with Crippen molar-refractivity contribution in [2.45, 2.75) is 20.8 Å². The Balaban J connectivity index is 1.86. The van der Waals surface area contributed by atoms with Crippen molar-refractivity contribution in [3.63, 3.8) is 0 Å². The molecule has 2 aromatic carbocycles. The summed E-state index contributed by atoms with van der Waals surface area (Å²) in [7, 11) is 0. The van der Waals surface area contributed by atoms with Gasteiger partial charge in [-0.15, -0.1) is 0 Å². The van der Waals surface area contributed by atoms with Gasteiger partial charge in [0.25, 0.3) is 0 Å². The molecule has 2 aromatic rings. The van der Waals surface area contributed by atoms with Crippen LogP contribution in [0.3, 0.4) is 0 Å². The molecule has 0 saturated carbocycles. The van der Waals surface area contributed by atoms with Crippen LogP contribution in [0.1, 0.15) is 22.3 Å². The number of rotatable bonds is 6. The summed E-state index contributed by atoms with van der Waals surface area (Å²) in [6, 6.07) is 11.6. The molecule has 116 valence electrons. The van der Waals surface area contributed by atoms with Crippen molar-refractivity contribution >= 4 is 17.2 Å². The van der Waals surface area contributed by atoms with Gasteiger partial charge >= 0.3 is 0 Å². The quantitative estimate of drug-likeness (QED) is 0.652. The molecule has 0 radical (unpaired) electrons. The maximum absolute atomic E-state index is 5.82. The second kappa shape index (κ2) is 7.27. The van der Waals surface area contributed by atoms with Gasteiger partial charge in [0.05, 0.1) is 0 Å². The molecule has 0 aliphatic heterocycles. The zero-order chi connectivity index (χ0) is 16.1. The molecule has 0 spiro atoms. The van der Waals surface area contributed by atoms with Gasteiger partial charge in [-0.3, -0.25) is 0 Å². The van der Waals surface area contributed by atoms with Gasteiger partial charge in [-0.25, -0.2) is 0 Å². The van der Waals surface area contributed by atoms with E-state index < -0.39 is 0 Å². The van der Waals surface area contributed by atoms with Crippen LogP contribution in [0, 0.1) is 20.8 Å². The topological polar surface area (TPSA) is 44.5 Å². The van der Waals surface area contributed by atoms with Crippen molar-refractivity contribution in [2.75, 3.05) is 13.2 Å². The normalized spacial score (nSPS) is 10.3. The van der Waals surface area contributed by atoms with Crippen molar-refractivity contribution in [3.8, 4) is 11.5 Å². The van der Waals surface area contributed by atoms with E-state index in [1.54, 1.807) is 0 Å². The van der Waals surface area contributed by atoms with Gasteiger partial charge < -0.3 is 15.2 Å². The predicted octanol–water partition coefficient (Wildman–Crippen LogP) is 3.70. The number of thiocarbonyl (C=S) groups is 1. The van der Waals surface area contributed by atoms with E-state index in [-0.39, 0.29) is 0 Å². The summed E-state index contributed by atoms with van der Waals surface area (Å²) in [6.07, 6.45) is 0. The summed E-state index contributed by atoms with van der Waals surface area (Å²) in [6.45, 7) is 7.22. The Kier molecular flexibility index (Phi) is 5.39. The van der Waals surface area contributed by atoms with Crippen LogP contribution in [0.2, 0.25) is 0 Å². The third kappa shape index (κ3) is 4.21. The largest absolute Gasteiger partial charge is 0.490 e. The molecule has 0 atom stereocenters. The van der Waals surface area contributed by atoms with Gasteiger partial charge in [-0.2, -0.15) is 0 Å². The zero-order valence-electron chi connectivity index (χ0n) is 13.2. The van der Waals surface area contributed by atoms with Gasteiger partial charge in [-0.1, -0.05) is 18.3 Å². The monoisotopic (exact) mass is 315 g/mol. The number of hydrogen-bond acceptors (Lipinski definition) is 3. The molecule has 22 heavy (non-hydrogen) atoms. The van der Waals surface area contributed by atoms with Crippen LogP contribution in [0.25, 0.3) is 0 Å². The van der Waals surface area contributed by atoms with Crippen molar-refractivity contribution < 1.29 is 9.47 Å². The smallest absolute Gasteiger partial charge is 0.122 e. The van der Waals surface area contributed by atoms with Gasteiger partial charge in [0.2, 0.25) is 0 Å². The fourth-order valence-electron chi connectivity index (χ4n) is 2.18. The van der Waals surface area contributed by atoms with Gasteiger partial charge in [0, 0.05) is 5.56 Å². The summed E-state index contributed by atoms with van der Waals surface area (Å²) < 4.78 is 11.5. The predicted molar refractivity (Wildman–Crippen MR) is 94.0 cm³/mol. The Morgan fingerprint density at radius 3 is 2.27 bits per heavy atom. The zero-order valence-corrected chi connectivity index (χ0v) is 14.0. The van der Waals surface area contributed by atoms with Crippen molar-refractivity contribution in [1.82, 2.24) is 0 Å². The molecule has 0 aromatic heterocycles. The highest BCUT2D eigenvalue weighted by Gasteiger charge is 2.04. The van der Waals surface area contributed by atoms with Gasteiger partial charge in [-0.05, 0) is 67.8 Å². The number of hydrogen-bond donors (Lipinski definition) is 1. The summed E-state index contributed by atoms with van der Waals surface area (Å²) in [4.78, 5) is 0.389. The molecule has 0 bridgehead atoms. The molecule has 0 fully saturated rings. The molecule has 2 N–H and O–H groups in total. The van der Waals surface area contributed by atoms with E-state index in [9.17, 15) is 0 Å². The second-order valence-corrected chi connectivity index (χ2v) is 5.73. The highest BCUT2D eigenvalue weighted by molar-refractivity contribution is 7.80. The van der Waals surface area contributed by atoms with Crippen LogP contribution in [-0.2, 0) is 0 Å². The molecule has 0 aliphatic rings. The maximum atomic E-state index is 5.82. The van der Waals surface area contributed by atoms with Crippen LogP contribution in [0.15, 0.2) is 36.4 Å². The van der Waals surface area contributed by atoms with Gasteiger partial charge in [0.1, 0.15) is 29.7 Å². The maximum Gasteiger partial charge on any atom is 0.122 e. The minimum absolute atomic E-state index is 0.389. The van der Waals surface area contributed by atoms with E-state index in [2.05, 4.69) is 32.9 Å². The number of ether oxygens (including phenoxy) is 2. The van der Waals surface area contributed by atoms with Crippen molar-refractivity contribution in [3.05, 3.63) is 58.7 Å². The molecular formula is C18H21NO2S. The summed E-state index contributed by atoms with van der Waals surface area (Å²) >= 11 is 4.92. The highest BCUT2D eigenvalue weighted by atomic mass is 32.1. The van der Waals surface area contributed by atoms with Crippen LogP contribution in [0.5, 0.6) is 11.5 Å². The lowest BCUT2D eigenvalue weighted by atomic mass is 10.1. The molecule has 0 saturated heterocycles. The number of nitrogens with two attached hydrogens (primary N) is 1. The Hall–Kier alpha value is -2.07. The van der Waals surface area contributed by atoms with Crippen molar-refractivity contribution in [1.29, 1.82) is 0 Å². The molecule has 0 unspecified atom stereocenters. The number of aryl methyl sites for hydroxylation is 2. The van der Waals surface area contributed by atoms with E-state index in [0.29, 0.717) is 18.2 Å². The third-order valence-electron chi connectivity index (χ3n) is 3.51. The average molecular weight is 315 g/mol. The molecule has 0 heterocycles. The molecular weight excluding hydrogens is 294 g/mol. The summed E-state index contributed by atoms with van der Waals surface area (Å²) in [5.41, 5.74) is 10.0. The second-order valence-electron chi connectivity index (χ2n) is 5.29. The average Bonchev–Trinajstić information content (AvgIpc) is 2.48. The van der Waals surface area contributed by atoms with Crippen molar-refractivity contribution in [2.24, 2.45) is 5.73 Å². The first-order valence-electron chi connectivity index (χ1n) is 7.20. The lowest BCUT2D eigenvalue weighted by molar-refractivity contribution is 0.216. The molecule has 2 rings (SSSR count). The summed E-state index contributed by atoms with van der Waals surface area (Å²) in [5, 5.41) is 0. The Morgan fingerprint density at radius 1 is 1.00 bits per heavy atom. The highest BCUT2D eigenvalue weighted by Crippen LogP contribution is 2.23. The van der Waals surface area contributed by atoms with E-state index in [0.717, 1.165) is 17.1 Å². The lowest BCUT2D eigenvalue weighted by Crippen LogP contribution is -2.11. The fourth-order valence-corrected chi connectivity index (χ4v) is 2.31. The Morgan fingerprint density at radius 2 is 1.64 bits per heavy atom. The first-order chi connectivity index (χ1) is 10.5. The van der Waals surface area contributed by atoms with Crippen LogP contribution < -0.4 is 15.2 Å². The fraction of sp³-hybridized carbons (Fsp3) is 0.278. The van der Waals surface area contributed by atoms with Gasteiger partial charge in [0.15, 0.2) is 0 Å². The molecule has 0 amide bonds. The molecule has 0 aliphatic carbocycles. The first-order valence-corrected chi connectivity index (χ1v) is 7.61. The van der Waals surface area contributed by atoms with Crippen LogP contribution >= 0.6 is 12.2 Å². The third-order valence-corrected chi connectivity index (χ3v) is 3.75. The van der Waals surface area contributed by atoms with E-state index in [4.69, 9.17) is 27.4 Å². The SMILES string of the molecule is Cc1cc(C)c(C)c(OCCOc2ccc(C(N)=S)cc2)c1. The molecule has 4 heteroatoms. The van der Waals surface area contributed by atoms with E-state index in [1.165, 1.54) is 16.7 Å². The van der Waals surface area contributed by atoms with Crippen LogP contribution in [0.4, 0.5) is 0 Å². The number of benzene rings is 2. The van der Waals surface area contributed by atoms with Crippen LogP contribution in [-0.4, -0.2) is 18.2 Å². The summed E-state index contributed by atoms with van der Waals surface area (Å²) in [5.74, 6) is 1.70. The standard InChI is InChI=1S/C18H21NO2S/c1-12-10-13(2)14(3)17(11-12)21-9-8-20-16-6-4-15(5-7-16)18(19)22/h4-7,10-11H,8-9H2,1-3H3,(H2,19,22). The van der Waals surface area contributed by atoms with E-state index in [1.807, 2.05) is 24.3 Å².